The third kappa shape index (κ3) is 3.30. The molecule has 5 nitrogen and oxygen atoms in total. The number of rotatable bonds is 4. The number of aliphatic hydroxyl groups is 1. The number of hydrogen-bond acceptors (Lipinski definition) is 4. The predicted octanol–water partition coefficient (Wildman–Crippen LogP) is 2.80. The largest absolute Gasteiger partial charge is 0.391 e. The summed E-state index contributed by atoms with van der Waals surface area (Å²) in [5, 5.41) is 17.5. The van der Waals surface area contributed by atoms with E-state index in [1.807, 2.05) is 4.68 Å². The number of piperidine rings is 1. The highest BCUT2D eigenvalue weighted by Crippen LogP contribution is 2.31. The molecule has 2 atom stereocenters. The van der Waals surface area contributed by atoms with Crippen LogP contribution in [-0.4, -0.2) is 44.0 Å². The highest BCUT2D eigenvalue weighted by atomic mass is 16.3. The zero-order chi connectivity index (χ0) is 17.2. The van der Waals surface area contributed by atoms with Gasteiger partial charge in [-0.3, -0.25) is 4.90 Å². The molecule has 25 heavy (non-hydrogen) atoms. The van der Waals surface area contributed by atoms with E-state index in [0.717, 1.165) is 31.9 Å². The second-order valence-electron chi connectivity index (χ2n) is 6.80. The molecule has 130 valence electrons. The zero-order valence-corrected chi connectivity index (χ0v) is 14.5. The molecule has 0 bridgehead atoms. The third-order valence-electron chi connectivity index (χ3n) is 5.23. The molecular weight excluding hydrogens is 312 g/mol. The van der Waals surface area contributed by atoms with E-state index in [1.165, 1.54) is 16.3 Å². The van der Waals surface area contributed by atoms with Crippen molar-refractivity contribution < 1.29 is 5.11 Å². The maximum absolute atomic E-state index is 10.7. The van der Waals surface area contributed by atoms with Gasteiger partial charge in [-0.05, 0) is 36.2 Å². The van der Waals surface area contributed by atoms with Crippen molar-refractivity contribution in [1.82, 2.24) is 19.7 Å². The van der Waals surface area contributed by atoms with Gasteiger partial charge in [-0.1, -0.05) is 42.5 Å². The summed E-state index contributed by atoms with van der Waals surface area (Å²) in [6.45, 7) is 5.28. The van der Waals surface area contributed by atoms with Crippen LogP contribution in [0.5, 0.6) is 0 Å². The van der Waals surface area contributed by atoms with Crippen LogP contribution in [-0.2, 0) is 13.1 Å². The normalized spacial score (nSPS) is 21.7. The lowest BCUT2D eigenvalue weighted by Crippen LogP contribution is -2.42. The third-order valence-corrected chi connectivity index (χ3v) is 5.23. The van der Waals surface area contributed by atoms with E-state index in [1.54, 1.807) is 6.33 Å². The summed E-state index contributed by atoms with van der Waals surface area (Å²) in [5.41, 5.74) is 1.24. The Labute approximate surface area is 147 Å². The summed E-state index contributed by atoms with van der Waals surface area (Å²) in [4.78, 5) is 6.62. The Hall–Kier alpha value is -2.24. The molecule has 2 heterocycles. The van der Waals surface area contributed by atoms with Gasteiger partial charge in [0.15, 0.2) is 0 Å². The molecule has 0 saturated carbocycles. The Bertz CT molecular complexity index is 860. The smallest absolute Gasteiger partial charge is 0.140 e. The van der Waals surface area contributed by atoms with Crippen LogP contribution in [0.3, 0.4) is 0 Å². The van der Waals surface area contributed by atoms with E-state index in [-0.39, 0.29) is 12.0 Å². The van der Waals surface area contributed by atoms with Crippen LogP contribution >= 0.6 is 0 Å². The molecule has 1 saturated heterocycles. The van der Waals surface area contributed by atoms with Crippen molar-refractivity contribution in [3.63, 3.8) is 0 Å². The summed E-state index contributed by atoms with van der Waals surface area (Å²) >= 11 is 0. The maximum atomic E-state index is 10.7. The summed E-state index contributed by atoms with van der Waals surface area (Å²) < 4.78 is 1.92. The molecule has 1 aliphatic rings. The van der Waals surface area contributed by atoms with Gasteiger partial charge < -0.3 is 5.11 Å². The van der Waals surface area contributed by atoms with Crippen molar-refractivity contribution >= 4 is 10.8 Å². The van der Waals surface area contributed by atoms with Crippen LogP contribution < -0.4 is 0 Å². The first-order valence-corrected chi connectivity index (χ1v) is 9.00. The van der Waals surface area contributed by atoms with Gasteiger partial charge in [0.1, 0.15) is 12.2 Å². The molecule has 5 heteroatoms. The average Bonchev–Trinajstić information content (AvgIpc) is 3.08. The molecule has 1 aliphatic heterocycles. The lowest BCUT2D eigenvalue weighted by atomic mass is 9.86. The fourth-order valence-electron chi connectivity index (χ4n) is 3.84. The van der Waals surface area contributed by atoms with Gasteiger partial charge in [-0.15, -0.1) is 0 Å². The average molecular weight is 336 g/mol. The molecule has 2 aromatic carbocycles. The van der Waals surface area contributed by atoms with Gasteiger partial charge >= 0.3 is 0 Å². The minimum Gasteiger partial charge on any atom is -0.391 e. The Morgan fingerprint density at radius 2 is 2.00 bits per heavy atom. The van der Waals surface area contributed by atoms with Crippen molar-refractivity contribution in [2.45, 2.75) is 38.5 Å². The van der Waals surface area contributed by atoms with Crippen molar-refractivity contribution in [3.8, 4) is 0 Å². The van der Waals surface area contributed by atoms with Crippen LogP contribution in [0.1, 0.15) is 30.7 Å². The Morgan fingerprint density at radius 1 is 1.16 bits per heavy atom. The van der Waals surface area contributed by atoms with Gasteiger partial charge in [-0.25, -0.2) is 9.67 Å². The van der Waals surface area contributed by atoms with E-state index in [2.05, 4.69) is 64.4 Å². The molecular formula is C20H24N4O. The fraction of sp³-hybridized carbons (Fsp3) is 0.400. The molecule has 0 amide bonds. The van der Waals surface area contributed by atoms with Crippen molar-refractivity contribution in [2.75, 3.05) is 13.1 Å². The Balaban J connectivity index is 1.47. The Morgan fingerprint density at radius 3 is 2.80 bits per heavy atom. The van der Waals surface area contributed by atoms with E-state index in [0.29, 0.717) is 6.54 Å². The lowest BCUT2D eigenvalue weighted by Gasteiger charge is -2.36. The van der Waals surface area contributed by atoms with Crippen LogP contribution in [0.2, 0.25) is 0 Å². The number of benzene rings is 2. The van der Waals surface area contributed by atoms with Gasteiger partial charge in [0.2, 0.25) is 0 Å². The molecule has 4 rings (SSSR count). The fourth-order valence-corrected chi connectivity index (χ4v) is 3.84. The first-order chi connectivity index (χ1) is 12.2. The zero-order valence-electron chi connectivity index (χ0n) is 14.5. The highest BCUT2D eigenvalue weighted by Gasteiger charge is 2.29. The molecule has 1 aromatic heterocycles. The number of likely N-dealkylation sites (tertiary alicyclic amines) is 1. The molecule has 1 fully saturated rings. The van der Waals surface area contributed by atoms with Gasteiger partial charge in [-0.2, -0.15) is 5.10 Å². The van der Waals surface area contributed by atoms with Gasteiger partial charge in [0.25, 0.3) is 0 Å². The Kier molecular flexibility index (Phi) is 4.51. The summed E-state index contributed by atoms with van der Waals surface area (Å²) in [6, 6.07) is 14.9. The van der Waals surface area contributed by atoms with E-state index < -0.39 is 0 Å². The first-order valence-electron chi connectivity index (χ1n) is 9.00. The number of aryl methyl sites for hydroxylation is 1. The SMILES string of the molecule is CCn1ncnc1CN1CC[C@@H](c2ccc3ccccc3c2)[C@H](O)C1. The number of β-amino-alcohol motifs (C(OH)–C–C–N with tert-alkyl or cyclic N) is 1. The van der Waals surface area contributed by atoms with Crippen molar-refractivity contribution in [1.29, 1.82) is 0 Å². The molecule has 0 spiro atoms. The van der Waals surface area contributed by atoms with Crippen molar-refractivity contribution in [2.24, 2.45) is 0 Å². The van der Waals surface area contributed by atoms with Gasteiger partial charge in [0.05, 0.1) is 12.6 Å². The predicted molar refractivity (Wildman–Crippen MR) is 98.3 cm³/mol. The topological polar surface area (TPSA) is 54.2 Å². The second kappa shape index (κ2) is 6.94. The van der Waals surface area contributed by atoms with Crippen LogP contribution in [0.4, 0.5) is 0 Å². The van der Waals surface area contributed by atoms with Crippen molar-refractivity contribution in [3.05, 3.63) is 60.2 Å². The number of hydrogen-bond donors (Lipinski definition) is 1. The number of aromatic nitrogens is 3. The van der Waals surface area contributed by atoms with Crippen LogP contribution in [0, 0.1) is 0 Å². The number of nitrogens with zero attached hydrogens (tertiary/aromatic N) is 4. The van der Waals surface area contributed by atoms with E-state index in [9.17, 15) is 5.11 Å². The van der Waals surface area contributed by atoms with E-state index in [4.69, 9.17) is 0 Å². The minimum atomic E-state index is -0.354. The summed E-state index contributed by atoms with van der Waals surface area (Å²) in [5.74, 6) is 1.17. The van der Waals surface area contributed by atoms with Crippen LogP contribution in [0.15, 0.2) is 48.8 Å². The molecule has 0 unspecified atom stereocenters. The molecule has 3 aromatic rings. The first kappa shape index (κ1) is 16.2. The quantitative estimate of drug-likeness (QED) is 0.796. The highest BCUT2D eigenvalue weighted by molar-refractivity contribution is 5.83. The second-order valence-corrected chi connectivity index (χ2v) is 6.80. The number of fused-ring (bicyclic) bond motifs is 1. The standard InChI is InChI=1S/C20H24N4O/c1-2-24-20(21-14-22-24)13-23-10-9-18(19(25)12-23)17-8-7-15-5-3-4-6-16(15)11-17/h3-8,11,14,18-19,25H,2,9-10,12-13H2,1H3/t18-,19+/m0/s1. The summed E-state index contributed by atoms with van der Waals surface area (Å²) in [7, 11) is 0. The number of aliphatic hydroxyl groups excluding tert-OH is 1. The molecule has 1 N–H and O–H groups in total. The van der Waals surface area contributed by atoms with Crippen LogP contribution in [0.25, 0.3) is 10.8 Å². The molecule has 0 aliphatic carbocycles. The lowest BCUT2D eigenvalue weighted by molar-refractivity contribution is 0.0459. The maximum Gasteiger partial charge on any atom is 0.140 e. The minimum absolute atomic E-state index is 0.199. The monoisotopic (exact) mass is 336 g/mol. The molecule has 0 radical (unpaired) electrons. The van der Waals surface area contributed by atoms with E-state index >= 15 is 0 Å². The summed E-state index contributed by atoms with van der Waals surface area (Å²) in [6.07, 6.45) is 2.21. The van der Waals surface area contributed by atoms with Gasteiger partial charge in [0, 0.05) is 19.0 Å².